The summed E-state index contributed by atoms with van der Waals surface area (Å²) in [5.41, 5.74) is 2.29. The Bertz CT molecular complexity index is 931. The van der Waals surface area contributed by atoms with E-state index >= 15 is 0 Å². The molecule has 1 aromatic carbocycles. The monoisotopic (exact) mass is 431 g/mol. The van der Waals surface area contributed by atoms with Crippen LogP contribution in [0.25, 0.3) is 10.9 Å². The number of aromatic nitrogens is 1. The standard InChI is InChI=1S/C23H33N3O5/c1-15(2)20(23(28)30-5)24-22(27)19-16(3)26(10-9-25-11-13-31-14-12-25)21-17(19)7-6-8-18(21)29-4/h6-8,15,20H,9-14H2,1-5H3,(H,24,27)/t20-/m0/s1. The number of methoxy groups -OCH3 is 2. The molecule has 2 aromatic rings. The molecule has 3 rings (SSSR count). The van der Waals surface area contributed by atoms with Crippen molar-refractivity contribution < 1.29 is 23.8 Å². The Kier molecular flexibility index (Phi) is 7.56. The van der Waals surface area contributed by atoms with Crippen molar-refractivity contribution in [1.29, 1.82) is 0 Å². The number of amides is 1. The highest BCUT2D eigenvalue weighted by atomic mass is 16.5. The number of para-hydroxylation sites is 1. The number of fused-ring (bicyclic) bond motifs is 1. The quantitative estimate of drug-likeness (QED) is 0.646. The fraction of sp³-hybridized carbons (Fsp3) is 0.565. The van der Waals surface area contributed by atoms with Crippen molar-refractivity contribution in [2.75, 3.05) is 47.1 Å². The van der Waals surface area contributed by atoms with E-state index in [9.17, 15) is 9.59 Å². The van der Waals surface area contributed by atoms with Crippen LogP contribution < -0.4 is 10.1 Å². The lowest BCUT2D eigenvalue weighted by molar-refractivity contribution is -0.144. The summed E-state index contributed by atoms with van der Waals surface area (Å²) in [5.74, 6) is -0.115. The largest absolute Gasteiger partial charge is 0.495 e. The fourth-order valence-corrected chi connectivity index (χ4v) is 4.14. The van der Waals surface area contributed by atoms with E-state index in [0.29, 0.717) is 5.56 Å². The van der Waals surface area contributed by atoms with Gasteiger partial charge in [-0.3, -0.25) is 9.69 Å². The van der Waals surface area contributed by atoms with Gasteiger partial charge in [-0.25, -0.2) is 4.79 Å². The van der Waals surface area contributed by atoms with E-state index in [1.807, 2.05) is 39.0 Å². The van der Waals surface area contributed by atoms with Crippen molar-refractivity contribution in [3.05, 3.63) is 29.5 Å². The molecule has 1 fully saturated rings. The SMILES string of the molecule is COC(=O)[C@@H](NC(=O)c1c(C)n(CCN2CCOCC2)c2c(OC)cccc12)C(C)C. The number of carbonyl (C=O) groups excluding carboxylic acids is 2. The summed E-state index contributed by atoms with van der Waals surface area (Å²) in [6.07, 6.45) is 0. The van der Waals surface area contributed by atoms with E-state index in [4.69, 9.17) is 14.2 Å². The average Bonchev–Trinajstić information content (AvgIpc) is 3.07. The van der Waals surface area contributed by atoms with Gasteiger partial charge in [0.05, 0.1) is 38.5 Å². The Morgan fingerprint density at radius 1 is 1.16 bits per heavy atom. The van der Waals surface area contributed by atoms with Gasteiger partial charge in [0, 0.05) is 37.3 Å². The van der Waals surface area contributed by atoms with Gasteiger partial charge in [-0.1, -0.05) is 26.0 Å². The zero-order chi connectivity index (χ0) is 22.5. The average molecular weight is 432 g/mol. The van der Waals surface area contributed by atoms with Gasteiger partial charge in [-0.05, 0) is 18.9 Å². The fourth-order valence-electron chi connectivity index (χ4n) is 4.14. The molecule has 0 saturated carbocycles. The third-order valence-electron chi connectivity index (χ3n) is 5.90. The van der Waals surface area contributed by atoms with Gasteiger partial charge in [0.1, 0.15) is 11.8 Å². The maximum Gasteiger partial charge on any atom is 0.328 e. The molecule has 0 aliphatic carbocycles. The first kappa shape index (κ1) is 23.1. The second kappa shape index (κ2) is 10.2. The number of hydrogen-bond acceptors (Lipinski definition) is 6. The number of nitrogens with zero attached hydrogens (tertiary/aromatic N) is 2. The Labute approximate surface area is 183 Å². The molecule has 8 nitrogen and oxygen atoms in total. The third kappa shape index (κ3) is 4.85. The predicted molar refractivity (Wildman–Crippen MR) is 119 cm³/mol. The van der Waals surface area contributed by atoms with Gasteiger partial charge in [-0.15, -0.1) is 0 Å². The van der Waals surface area contributed by atoms with Crippen LogP contribution in [0.1, 0.15) is 29.9 Å². The molecular formula is C23H33N3O5. The first-order valence-electron chi connectivity index (χ1n) is 10.7. The first-order chi connectivity index (χ1) is 14.9. The highest BCUT2D eigenvalue weighted by Gasteiger charge is 2.29. The van der Waals surface area contributed by atoms with Crippen molar-refractivity contribution in [3.8, 4) is 5.75 Å². The molecule has 1 saturated heterocycles. The number of benzene rings is 1. The van der Waals surface area contributed by atoms with Crippen LogP contribution in [0.3, 0.4) is 0 Å². The van der Waals surface area contributed by atoms with Crippen molar-refractivity contribution in [2.24, 2.45) is 5.92 Å². The zero-order valence-corrected chi connectivity index (χ0v) is 19.1. The van der Waals surface area contributed by atoms with E-state index in [-0.39, 0.29) is 11.8 Å². The van der Waals surface area contributed by atoms with Gasteiger partial charge in [0.15, 0.2) is 0 Å². The lowest BCUT2D eigenvalue weighted by Crippen LogP contribution is -2.45. The second-order valence-electron chi connectivity index (χ2n) is 8.14. The van der Waals surface area contributed by atoms with Crippen LogP contribution in [0.2, 0.25) is 0 Å². The summed E-state index contributed by atoms with van der Waals surface area (Å²) in [6.45, 7) is 10.6. The lowest BCUT2D eigenvalue weighted by Gasteiger charge is -2.27. The number of rotatable bonds is 8. The maximum atomic E-state index is 13.3. The summed E-state index contributed by atoms with van der Waals surface area (Å²) >= 11 is 0. The van der Waals surface area contributed by atoms with E-state index < -0.39 is 12.0 Å². The molecule has 0 unspecified atom stereocenters. The number of nitrogens with one attached hydrogen (secondary N) is 1. The summed E-state index contributed by atoms with van der Waals surface area (Å²) in [5, 5.41) is 3.69. The smallest absolute Gasteiger partial charge is 0.328 e. The molecular weight excluding hydrogens is 398 g/mol. The van der Waals surface area contributed by atoms with Crippen LogP contribution in [0.15, 0.2) is 18.2 Å². The van der Waals surface area contributed by atoms with Crippen LogP contribution >= 0.6 is 0 Å². The molecule has 0 radical (unpaired) electrons. The van der Waals surface area contributed by atoms with Crippen LogP contribution in [0.5, 0.6) is 5.75 Å². The Morgan fingerprint density at radius 3 is 2.48 bits per heavy atom. The van der Waals surface area contributed by atoms with Gasteiger partial charge in [-0.2, -0.15) is 0 Å². The Hall–Kier alpha value is -2.58. The number of hydrogen-bond donors (Lipinski definition) is 1. The van der Waals surface area contributed by atoms with E-state index in [0.717, 1.165) is 61.7 Å². The number of ether oxygens (including phenoxy) is 3. The Balaban J connectivity index is 1.98. The van der Waals surface area contributed by atoms with Gasteiger partial charge in [0.25, 0.3) is 5.91 Å². The van der Waals surface area contributed by atoms with E-state index in [2.05, 4.69) is 14.8 Å². The summed E-state index contributed by atoms with van der Waals surface area (Å²) < 4.78 is 18.1. The van der Waals surface area contributed by atoms with E-state index in [1.165, 1.54) is 7.11 Å². The van der Waals surface area contributed by atoms with Crippen molar-refractivity contribution in [2.45, 2.75) is 33.4 Å². The molecule has 1 aliphatic rings. The minimum absolute atomic E-state index is 0.0964. The number of morpholine rings is 1. The van der Waals surface area contributed by atoms with Gasteiger partial charge >= 0.3 is 5.97 Å². The summed E-state index contributed by atoms with van der Waals surface area (Å²) in [6, 6.07) is 4.99. The zero-order valence-electron chi connectivity index (χ0n) is 19.1. The van der Waals surface area contributed by atoms with Crippen molar-refractivity contribution in [1.82, 2.24) is 14.8 Å². The van der Waals surface area contributed by atoms with Crippen LogP contribution in [0.4, 0.5) is 0 Å². The minimum atomic E-state index is -0.714. The number of carbonyl (C=O) groups is 2. The molecule has 8 heteroatoms. The summed E-state index contributed by atoms with van der Waals surface area (Å²) in [7, 11) is 2.96. The van der Waals surface area contributed by atoms with Crippen LogP contribution in [-0.4, -0.2) is 74.5 Å². The van der Waals surface area contributed by atoms with Crippen LogP contribution in [-0.2, 0) is 20.8 Å². The molecule has 170 valence electrons. The third-order valence-corrected chi connectivity index (χ3v) is 5.90. The molecule has 1 atom stereocenters. The second-order valence-corrected chi connectivity index (χ2v) is 8.14. The molecule has 2 heterocycles. The number of esters is 1. The molecule has 0 spiro atoms. The molecule has 1 N–H and O–H groups in total. The van der Waals surface area contributed by atoms with Crippen LogP contribution in [0, 0.1) is 12.8 Å². The van der Waals surface area contributed by atoms with Crippen molar-refractivity contribution in [3.63, 3.8) is 0 Å². The maximum absolute atomic E-state index is 13.3. The van der Waals surface area contributed by atoms with Gasteiger partial charge in [0.2, 0.25) is 0 Å². The topological polar surface area (TPSA) is 82.0 Å². The molecule has 1 aromatic heterocycles. The Morgan fingerprint density at radius 2 is 1.87 bits per heavy atom. The normalized spacial score (nSPS) is 15.8. The highest BCUT2D eigenvalue weighted by Crippen LogP contribution is 2.33. The lowest BCUT2D eigenvalue weighted by atomic mass is 10.0. The molecule has 1 aliphatic heterocycles. The van der Waals surface area contributed by atoms with Crippen molar-refractivity contribution >= 4 is 22.8 Å². The first-order valence-corrected chi connectivity index (χ1v) is 10.7. The van der Waals surface area contributed by atoms with Gasteiger partial charge < -0.3 is 24.1 Å². The molecule has 31 heavy (non-hydrogen) atoms. The molecule has 1 amide bonds. The predicted octanol–water partition coefficient (Wildman–Crippen LogP) is 2.22. The summed E-state index contributed by atoms with van der Waals surface area (Å²) in [4.78, 5) is 27.9. The highest BCUT2D eigenvalue weighted by molar-refractivity contribution is 6.10. The van der Waals surface area contributed by atoms with E-state index in [1.54, 1.807) is 7.11 Å². The molecule has 0 bridgehead atoms. The minimum Gasteiger partial charge on any atom is -0.495 e.